The fourth-order valence-corrected chi connectivity index (χ4v) is 3.50. The van der Waals surface area contributed by atoms with E-state index in [1.165, 1.54) is 6.08 Å². The first kappa shape index (κ1) is 23.5. The molecule has 0 unspecified atom stereocenters. The number of amides is 1. The highest BCUT2D eigenvalue weighted by atomic mass is 35.5. The van der Waals surface area contributed by atoms with Gasteiger partial charge in [0.05, 0.1) is 19.9 Å². The molecule has 0 aliphatic carbocycles. The lowest BCUT2D eigenvalue weighted by Crippen LogP contribution is -2.09. The topological polar surface area (TPSA) is 56.8 Å². The van der Waals surface area contributed by atoms with E-state index >= 15 is 0 Å². The number of ether oxygens (including phenoxy) is 3. The molecule has 1 N–H and O–H groups in total. The SMILES string of the molecule is COc1ccc(C)cc1NC(=O)/C=C/c1ccc(OCc2c(Cl)cccc2Cl)c(OC)c1. The van der Waals surface area contributed by atoms with Crippen LogP contribution in [0.3, 0.4) is 0 Å². The van der Waals surface area contributed by atoms with Gasteiger partial charge in [0.1, 0.15) is 12.4 Å². The largest absolute Gasteiger partial charge is 0.495 e. The van der Waals surface area contributed by atoms with Crippen LogP contribution in [0.5, 0.6) is 17.2 Å². The normalized spacial score (nSPS) is 10.8. The van der Waals surface area contributed by atoms with E-state index in [9.17, 15) is 4.79 Å². The minimum atomic E-state index is -0.276. The summed E-state index contributed by atoms with van der Waals surface area (Å²) < 4.78 is 16.6. The highest BCUT2D eigenvalue weighted by Gasteiger charge is 2.10. The average Bonchev–Trinajstić information content (AvgIpc) is 2.78. The molecule has 0 aromatic heterocycles. The quantitative estimate of drug-likeness (QED) is 0.378. The van der Waals surface area contributed by atoms with Gasteiger partial charge >= 0.3 is 0 Å². The summed E-state index contributed by atoms with van der Waals surface area (Å²) in [6, 6.07) is 16.2. The van der Waals surface area contributed by atoms with Crippen LogP contribution >= 0.6 is 23.2 Å². The number of nitrogens with one attached hydrogen (secondary N) is 1. The van der Waals surface area contributed by atoms with Gasteiger partial charge in [-0.3, -0.25) is 4.79 Å². The standard InChI is InChI=1S/C25H23Cl2NO4/c1-16-7-10-22(30-2)21(13-16)28-25(29)12-9-17-8-11-23(24(14-17)31-3)32-15-18-19(26)5-4-6-20(18)27/h4-14H,15H2,1-3H3,(H,28,29)/b12-9+. The van der Waals surface area contributed by atoms with Crippen LogP contribution in [0.1, 0.15) is 16.7 Å². The smallest absolute Gasteiger partial charge is 0.248 e. The van der Waals surface area contributed by atoms with Crippen molar-refractivity contribution in [1.82, 2.24) is 0 Å². The Balaban J connectivity index is 1.69. The Morgan fingerprint density at radius 3 is 2.31 bits per heavy atom. The highest BCUT2D eigenvalue weighted by molar-refractivity contribution is 6.35. The van der Waals surface area contributed by atoms with Crippen LogP contribution in [-0.2, 0) is 11.4 Å². The maximum absolute atomic E-state index is 12.4. The molecule has 5 nitrogen and oxygen atoms in total. The summed E-state index contributed by atoms with van der Waals surface area (Å²) in [4.78, 5) is 12.4. The summed E-state index contributed by atoms with van der Waals surface area (Å²) in [5.74, 6) is 1.38. The van der Waals surface area contributed by atoms with Gasteiger partial charge in [0.15, 0.2) is 11.5 Å². The Bertz CT molecular complexity index is 1120. The minimum absolute atomic E-state index is 0.199. The molecule has 0 bridgehead atoms. The number of aryl methyl sites for hydroxylation is 1. The van der Waals surface area contributed by atoms with Crippen LogP contribution in [0.4, 0.5) is 5.69 Å². The van der Waals surface area contributed by atoms with Gasteiger partial charge in [-0.15, -0.1) is 0 Å². The van der Waals surface area contributed by atoms with E-state index in [0.29, 0.717) is 38.5 Å². The van der Waals surface area contributed by atoms with Gasteiger partial charge in [-0.2, -0.15) is 0 Å². The van der Waals surface area contributed by atoms with E-state index in [1.807, 2.05) is 31.2 Å². The molecule has 3 aromatic rings. The number of benzene rings is 3. The van der Waals surface area contributed by atoms with Crippen molar-refractivity contribution >= 4 is 40.9 Å². The molecule has 3 rings (SSSR count). The van der Waals surface area contributed by atoms with E-state index < -0.39 is 0 Å². The molecule has 3 aromatic carbocycles. The molecule has 7 heteroatoms. The second kappa shape index (κ2) is 10.9. The molecular formula is C25H23Cl2NO4. The summed E-state index contributed by atoms with van der Waals surface area (Å²) in [7, 11) is 3.11. The zero-order valence-corrected chi connectivity index (χ0v) is 19.5. The van der Waals surface area contributed by atoms with Crippen molar-refractivity contribution in [3.05, 3.63) is 87.4 Å². The van der Waals surface area contributed by atoms with E-state index in [4.69, 9.17) is 37.4 Å². The van der Waals surface area contributed by atoms with Crippen LogP contribution in [-0.4, -0.2) is 20.1 Å². The monoisotopic (exact) mass is 471 g/mol. The number of halogens is 2. The molecule has 0 atom stereocenters. The minimum Gasteiger partial charge on any atom is -0.495 e. The Hall–Kier alpha value is -3.15. The lowest BCUT2D eigenvalue weighted by atomic mass is 10.1. The molecule has 0 fully saturated rings. The fraction of sp³-hybridized carbons (Fsp3) is 0.160. The lowest BCUT2D eigenvalue weighted by Gasteiger charge is -2.13. The van der Waals surface area contributed by atoms with E-state index in [2.05, 4.69) is 5.32 Å². The number of carbonyl (C=O) groups is 1. The number of hydrogen-bond donors (Lipinski definition) is 1. The Morgan fingerprint density at radius 2 is 1.62 bits per heavy atom. The molecule has 0 aliphatic heterocycles. The van der Waals surface area contributed by atoms with Crippen molar-refractivity contribution < 1.29 is 19.0 Å². The second-order valence-corrected chi connectivity index (χ2v) is 7.74. The van der Waals surface area contributed by atoms with E-state index in [0.717, 1.165) is 11.1 Å². The average molecular weight is 472 g/mol. The third-order valence-electron chi connectivity index (χ3n) is 4.66. The van der Waals surface area contributed by atoms with Crippen LogP contribution in [0.15, 0.2) is 60.7 Å². The van der Waals surface area contributed by atoms with Gasteiger partial charge in [0.2, 0.25) is 5.91 Å². The van der Waals surface area contributed by atoms with Crippen molar-refractivity contribution in [3.63, 3.8) is 0 Å². The zero-order chi connectivity index (χ0) is 23.1. The van der Waals surface area contributed by atoms with Gasteiger partial charge in [-0.05, 0) is 60.5 Å². The van der Waals surface area contributed by atoms with Crippen LogP contribution in [0.2, 0.25) is 10.0 Å². The van der Waals surface area contributed by atoms with Gasteiger partial charge in [0.25, 0.3) is 0 Å². The maximum atomic E-state index is 12.4. The Kier molecular flexibility index (Phi) is 8.03. The maximum Gasteiger partial charge on any atom is 0.248 e. The molecular weight excluding hydrogens is 449 g/mol. The fourth-order valence-electron chi connectivity index (χ4n) is 2.99. The van der Waals surface area contributed by atoms with Gasteiger partial charge < -0.3 is 19.5 Å². The van der Waals surface area contributed by atoms with Gasteiger partial charge in [-0.1, -0.05) is 41.4 Å². The third kappa shape index (κ3) is 5.96. The van der Waals surface area contributed by atoms with Crippen molar-refractivity contribution in [3.8, 4) is 17.2 Å². The number of hydrogen-bond acceptors (Lipinski definition) is 4. The molecule has 0 heterocycles. The van der Waals surface area contributed by atoms with Crippen LogP contribution in [0, 0.1) is 6.92 Å². The van der Waals surface area contributed by atoms with Crippen LogP contribution in [0.25, 0.3) is 6.08 Å². The van der Waals surface area contributed by atoms with Crippen molar-refractivity contribution in [2.24, 2.45) is 0 Å². The Morgan fingerprint density at radius 1 is 0.938 bits per heavy atom. The molecule has 166 valence electrons. The molecule has 32 heavy (non-hydrogen) atoms. The van der Waals surface area contributed by atoms with Gasteiger partial charge in [-0.25, -0.2) is 0 Å². The first-order chi connectivity index (χ1) is 15.4. The molecule has 0 radical (unpaired) electrons. The molecule has 0 saturated heterocycles. The summed E-state index contributed by atoms with van der Waals surface area (Å²) in [5, 5.41) is 3.90. The number of anilines is 1. The third-order valence-corrected chi connectivity index (χ3v) is 5.37. The second-order valence-electron chi connectivity index (χ2n) is 6.93. The van der Waals surface area contributed by atoms with Crippen molar-refractivity contribution in [2.45, 2.75) is 13.5 Å². The summed E-state index contributed by atoms with van der Waals surface area (Å²) >= 11 is 12.4. The summed E-state index contributed by atoms with van der Waals surface area (Å²) in [5.41, 5.74) is 3.10. The first-order valence-electron chi connectivity index (χ1n) is 9.78. The summed E-state index contributed by atoms with van der Waals surface area (Å²) in [6.07, 6.45) is 3.13. The first-order valence-corrected chi connectivity index (χ1v) is 10.5. The van der Waals surface area contributed by atoms with Crippen molar-refractivity contribution in [2.75, 3.05) is 19.5 Å². The van der Waals surface area contributed by atoms with E-state index in [-0.39, 0.29) is 12.5 Å². The predicted molar refractivity (Wildman–Crippen MR) is 129 cm³/mol. The number of rotatable bonds is 8. The van der Waals surface area contributed by atoms with Gasteiger partial charge in [0, 0.05) is 21.7 Å². The molecule has 0 spiro atoms. The Labute approximate surface area is 197 Å². The number of methoxy groups -OCH3 is 2. The van der Waals surface area contributed by atoms with Crippen LogP contribution < -0.4 is 19.5 Å². The molecule has 0 saturated carbocycles. The molecule has 0 aliphatic rings. The molecule has 1 amide bonds. The highest BCUT2D eigenvalue weighted by Crippen LogP contribution is 2.32. The van der Waals surface area contributed by atoms with Crippen molar-refractivity contribution in [1.29, 1.82) is 0 Å². The zero-order valence-electron chi connectivity index (χ0n) is 17.9. The number of carbonyl (C=O) groups excluding carboxylic acids is 1. The van der Waals surface area contributed by atoms with E-state index in [1.54, 1.807) is 50.6 Å². The lowest BCUT2D eigenvalue weighted by molar-refractivity contribution is -0.111. The predicted octanol–water partition coefficient (Wildman–Crippen LogP) is 6.55. The summed E-state index contributed by atoms with van der Waals surface area (Å²) in [6.45, 7) is 2.14.